The van der Waals surface area contributed by atoms with E-state index in [-0.39, 0.29) is 24.0 Å². The van der Waals surface area contributed by atoms with Crippen LogP contribution in [0.2, 0.25) is 0 Å². The minimum absolute atomic E-state index is 0.0766. The predicted octanol–water partition coefficient (Wildman–Crippen LogP) is 0.801. The van der Waals surface area contributed by atoms with E-state index in [4.69, 9.17) is 0 Å². The number of anilines is 1. The molecule has 0 bridgehead atoms. The van der Waals surface area contributed by atoms with Gasteiger partial charge in [-0.3, -0.25) is 14.4 Å². The molecule has 1 aromatic rings. The Balaban J connectivity index is 2.00. The lowest BCUT2D eigenvalue weighted by atomic mass is 10.1. The van der Waals surface area contributed by atoms with Crippen molar-refractivity contribution >= 4 is 23.3 Å². The number of carbonyl (C=O) groups excluding carboxylic acids is 3. The standard InChI is InChI=1S/C14H16N2O3/c1-9(17)5-13(18)15-8-10-3-4-12-11(6-10)7-14(19)16(12)2/h3-4,6H,5,7-8H2,1-2H3,(H,15,18). The summed E-state index contributed by atoms with van der Waals surface area (Å²) in [6.07, 6.45) is 0.313. The van der Waals surface area contributed by atoms with Crippen LogP contribution in [0.5, 0.6) is 0 Å². The van der Waals surface area contributed by atoms with Gasteiger partial charge in [0, 0.05) is 19.3 Å². The molecule has 19 heavy (non-hydrogen) atoms. The van der Waals surface area contributed by atoms with E-state index < -0.39 is 0 Å². The molecule has 5 nitrogen and oxygen atoms in total. The van der Waals surface area contributed by atoms with Gasteiger partial charge in [-0.2, -0.15) is 0 Å². The van der Waals surface area contributed by atoms with Gasteiger partial charge in [0.1, 0.15) is 5.78 Å². The summed E-state index contributed by atoms with van der Waals surface area (Å²) in [5.41, 5.74) is 2.83. The smallest absolute Gasteiger partial charge is 0.231 e. The highest BCUT2D eigenvalue weighted by molar-refractivity contribution is 6.01. The van der Waals surface area contributed by atoms with E-state index in [1.807, 2.05) is 18.2 Å². The second kappa shape index (κ2) is 5.22. The first-order valence-corrected chi connectivity index (χ1v) is 6.12. The molecule has 0 saturated carbocycles. The van der Waals surface area contributed by atoms with Crippen LogP contribution in [0.1, 0.15) is 24.5 Å². The fraction of sp³-hybridized carbons (Fsp3) is 0.357. The van der Waals surface area contributed by atoms with E-state index in [1.54, 1.807) is 11.9 Å². The third kappa shape index (κ3) is 2.99. The monoisotopic (exact) mass is 260 g/mol. The van der Waals surface area contributed by atoms with Crippen LogP contribution in [-0.2, 0) is 27.3 Å². The summed E-state index contributed by atoms with van der Waals surface area (Å²) in [4.78, 5) is 35.3. The molecule has 1 heterocycles. The zero-order valence-corrected chi connectivity index (χ0v) is 11.0. The van der Waals surface area contributed by atoms with Crippen molar-refractivity contribution in [2.75, 3.05) is 11.9 Å². The van der Waals surface area contributed by atoms with Gasteiger partial charge in [0.15, 0.2) is 0 Å². The van der Waals surface area contributed by atoms with Crippen molar-refractivity contribution in [3.63, 3.8) is 0 Å². The van der Waals surface area contributed by atoms with Crippen molar-refractivity contribution in [1.82, 2.24) is 5.32 Å². The summed E-state index contributed by atoms with van der Waals surface area (Å²) in [6.45, 7) is 1.76. The van der Waals surface area contributed by atoms with E-state index in [0.29, 0.717) is 13.0 Å². The van der Waals surface area contributed by atoms with E-state index in [1.165, 1.54) is 6.92 Å². The fourth-order valence-electron chi connectivity index (χ4n) is 2.12. The Morgan fingerprint density at radius 3 is 2.79 bits per heavy atom. The number of hydrogen-bond acceptors (Lipinski definition) is 3. The van der Waals surface area contributed by atoms with Crippen LogP contribution < -0.4 is 10.2 Å². The summed E-state index contributed by atoms with van der Waals surface area (Å²) in [7, 11) is 1.75. The summed E-state index contributed by atoms with van der Waals surface area (Å²) in [6, 6.07) is 5.68. The summed E-state index contributed by atoms with van der Waals surface area (Å²) in [5, 5.41) is 2.69. The van der Waals surface area contributed by atoms with Gasteiger partial charge >= 0.3 is 0 Å². The SMILES string of the molecule is CC(=O)CC(=O)NCc1ccc2c(c1)CC(=O)N2C. The van der Waals surface area contributed by atoms with E-state index in [2.05, 4.69) is 5.32 Å². The molecule has 1 aromatic carbocycles. The summed E-state index contributed by atoms with van der Waals surface area (Å²) >= 11 is 0. The first-order chi connectivity index (χ1) is 8.97. The van der Waals surface area contributed by atoms with Crippen molar-refractivity contribution in [2.45, 2.75) is 26.3 Å². The first kappa shape index (κ1) is 13.3. The number of Topliss-reactive ketones (excluding diaryl/α,β-unsaturated/α-hetero) is 1. The highest BCUT2D eigenvalue weighted by Crippen LogP contribution is 2.28. The summed E-state index contributed by atoms with van der Waals surface area (Å²) < 4.78 is 0. The molecule has 2 rings (SSSR count). The number of amides is 2. The normalized spacial score (nSPS) is 13.4. The number of rotatable bonds is 4. The second-order valence-corrected chi connectivity index (χ2v) is 4.75. The first-order valence-electron chi connectivity index (χ1n) is 6.12. The molecule has 0 unspecified atom stereocenters. The number of carbonyl (C=O) groups is 3. The lowest BCUT2D eigenvalue weighted by Crippen LogP contribution is -2.24. The zero-order chi connectivity index (χ0) is 14.0. The molecule has 1 aliphatic heterocycles. The van der Waals surface area contributed by atoms with Gasteiger partial charge in [-0.25, -0.2) is 0 Å². The second-order valence-electron chi connectivity index (χ2n) is 4.75. The Morgan fingerprint density at radius 1 is 1.37 bits per heavy atom. The average Bonchev–Trinajstić information content (AvgIpc) is 2.61. The molecule has 0 aromatic heterocycles. The Labute approximate surface area is 111 Å². The Morgan fingerprint density at radius 2 is 2.11 bits per heavy atom. The maximum absolute atomic E-state index is 11.5. The Bertz CT molecular complexity index is 552. The van der Waals surface area contributed by atoms with Crippen molar-refractivity contribution < 1.29 is 14.4 Å². The molecule has 0 saturated heterocycles. The van der Waals surface area contributed by atoms with E-state index >= 15 is 0 Å². The predicted molar refractivity (Wildman–Crippen MR) is 70.7 cm³/mol. The maximum atomic E-state index is 11.5. The third-order valence-electron chi connectivity index (χ3n) is 3.12. The molecule has 2 amide bonds. The van der Waals surface area contributed by atoms with Crippen molar-refractivity contribution in [1.29, 1.82) is 0 Å². The Kier molecular flexibility index (Phi) is 3.64. The highest BCUT2D eigenvalue weighted by Gasteiger charge is 2.23. The molecule has 5 heteroatoms. The van der Waals surface area contributed by atoms with Gasteiger partial charge in [-0.05, 0) is 24.1 Å². The lowest BCUT2D eigenvalue weighted by Gasteiger charge is -2.10. The molecular weight excluding hydrogens is 244 g/mol. The highest BCUT2D eigenvalue weighted by atomic mass is 16.2. The minimum Gasteiger partial charge on any atom is -0.352 e. The van der Waals surface area contributed by atoms with Gasteiger partial charge in [0.05, 0.1) is 12.8 Å². The van der Waals surface area contributed by atoms with Crippen LogP contribution in [0.3, 0.4) is 0 Å². The van der Waals surface area contributed by atoms with Crippen LogP contribution in [-0.4, -0.2) is 24.6 Å². The van der Waals surface area contributed by atoms with Gasteiger partial charge in [0.2, 0.25) is 11.8 Å². The van der Waals surface area contributed by atoms with E-state index in [9.17, 15) is 14.4 Å². The average molecular weight is 260 g/mol. The van der Waals surface area contributed by atoms with Crippen LogP contribution >= 0.6 is 0 Å². The number of ketones is 1. The summed E-state index contributed by atoms with van der Waals surface area (Å²) in [5.74, 6) is -0.354. The molecular formula is C14H16N2O3. The molecule has 0 fully saturated rings. The Hall–Kier alpha value is -2.17. The minimum atomic E-state index is -0.277. The van der Waals surface area contributed by atoms with Crippen molar-refractivity contribution in [3.8, 4) is 0 Å². The number of likely N-dealkylation sites (N-methyl/N-ethyl adjacent to an activating group) is 1. The number of hydrogen-bond donors (Lipinski definition) is 1. The molecule has 0 spiro atoms. The van der Waals surface area contributed by atoms with Crippen LogP contribution in [0.4, 0.5) is 5.69 Å². The number of benzene rings is 1. The van der Waals surface area contributed by atoms with Gasteiger partial charge < -0.3 is 10.2 Å². The lowest BCUT2D eigenvalue weighted by molar-refractivity contribution is -0.127. The van der Waals surface area contributed by atoms with E-state index in [0.717, 1.165) is 16.8 Å². The molecule has 0 radical (unpaired) electrons. The largest absolute Gasteiger partial charge is 0.352 e. The molecule has 0 aliphatic carbocycles. The quantitative estimate of drug-likeness (QED) is 0.814. The zero-order valence-electron chi connectivity index (χ0n) is 11.0. The van der Waals surface area contributed by atoms with Crippen LogP contribution in [0.25, 0.3) is 0 Å². The molecule has 100 valence electrons. The van der Waals surface area contributed by atoms with Crippen LogP contribution in [0, 0.1) is 0 Å². The molecule has 0 atom stereocenters. The van der Waals surface area contributed by atoms with Crippen molar-refractivity contribution in [2.24, 2.45) is 0 Å². The third-order valence-corrected chi connectivity index (χ3v) is 3.12. The van der Waals surface area contributed by atoms with Gasteiger partial charge in [-0.1, -0.05) is 12.1 Å². The number of nitrogens with zero attached hydrogens (tertiary/aromatic N) is 1. The van der Waals surface area contributed by atoms with Crippen molar-refractivity contribution in [3.05, 3.63) is 29.3 Å². The maximum Gasteiger partial charge on any atom is 0.231 e. The van der Waals surface area contributed by atoms with Gasteiger partial charge in [0.25, 0.3) is 0 Å². The van der Waals surface area contributed by atoms with Crippen LogP contribution in [0.15, 0.2) is 18.2 Å². The number of nitrogens with one attached hydrogen (secondary N) is 1. The molecule has 1 N–H and O–H groups in total. The molecule has 1 aliphatic rings. The number of fused-ring (bicyclic) bond motifs is 1. The van der Waals surface area contributed by atoms with Gasteiger partial charge in [-0.15, -0.1) is 0 Å². The fourth-order valence-corrected chi connectivity index (χ4v) is 2.12. The topological polar surface area (TPSA) is 66.5 Å².